The van der Waals surface area contributed by atoms with Crippen LogP contribution in [-0.4, -0.2) is 27.0 Å². The first-order chi connectivity index (χ1) is 9.98. The molecule has 0 saturated carbocycles. The van der Waals surface area contributed by atoms with E-state index in [-0.39, 0.29) is 11.4 Å². The fraction of sp³-hybridized carbons (Fsp3) is 0.214. The minimum absolute atomic E-state index is 0.0904. The lowest BCUT2D eigenvalue weighted by molar-refractivity contribution is 0.591. The van der Waals surface area contributed by atoms with E-state index in [4.69, 9.17) is 0 Å². The van der Waals surface area contributed by atoms with Gasteiger partial charge in [0.1, 0.15) is 16.5 Å². The summed E-state index contributed by atoms with van der Waals surface area (Å²) in [4.78, 5) is 4.10. The smallest absolute Gasteiger partial charge is 0.265 e. The average molecular weight is 309 g/mol. The van der Waals surface area contributed by atoms with Gasteiger partial charge in [-0.25, -0.2) is 17.8 Å². The monoisotopic (exact) mass is 309 g/mol. The van der Waals surface area contributed by atoms with Crippen LogP contribution in [0.3, 0.4) is 0 Å². The number of nitrogens with one attached hydrogen (secondary N) is 1. The molecule has 5 nitrogen and oxygen atoms in total. The molecule has 7 heteroatoms. The van der Waals surface area contributed by atoms with Crippen LogP contribution in [-0.2, 0) is 10.0 Å². The van der Waals surface area contributed by atoms with E-state index in [2.05, 4.69) is 10.3 Å². The molecular formula is C14H16FN3O2S. The van der Waals surface area contributed by atoms with E-state index in [1.54, 1.807) is 20.0 Å². The average Bonchev–Trinajstić information content (AvgIpc) is 2.50. The maximum absolute atomic E-state index is 13.0. The Kier molecular flexibility index (Phi) is 4.42. The number of nitrogens with zero attached hydrogens (tertiary/aromatic N) is 2. The number of halogens is 1. The predicted octanol–water partition coefficient (Wildman–Crippen LogP) is 2.48. The molecular weight excluding hydrogens is 293 g/mol. The van der Waals surface area contributed by atoms with E-state index in [1.807, 2.05) is 0 Å². The van der Waals surface area contributed by atoms with Crippen molar-refractivity contribution < 1.29 is 12.8 Å². The van der Waals surface area contributed by atoms with Crippen molar-refractivity contribution >= 4 is 21.5 Å². The highest BCUT2D eigenvalue weighted by Gasteiger charge is 2.23. The van der Waals surface area contributed by atoms with Crippen molar-refractivity contribution in [3.05, 3.63) is 48.4 Å². The van der Waals surface area contributed by atoms with Gasteiger partial charge in [-0.05, 0) is 43.3 Å². The zero-order chi connectivity index (χ0) is 15.5. The Labute approximate surface area is 123 Å². The molecule has 112 valence electrons. The summed E-state index contributed by atoms with van der Waals surface area (Å²) >= 11 is 0. The van der Waals surface area contributed by atoms with Gasteiger partial charge in [0.25, 0.3) is 10.0 Å². The number of rotatable bonds is 5. The van der Waals surface area contributed by atoms with Gasteiger partial charge in [-0.2, -0.15) is 0 Å². The van der Waals surface area contributed by atoms with Crippen molar-refractivity contribution in [3.8, 4) is 0 Å². The molecule has 0 fully saturated rings. The highest BCUT2D eigenvalue weighted by molar-refractivity contribution is 7.92. The third-order valence-corrected chi connectivity index (χ3v) is 4.87. The summed E-state index contributed by atoms with van der Waals surface area (Å²) in [6.45, 7) is 1.96. The van der Waals surface area contributed by atoms with Gasteiger partial charge in [0.05, 0.1) is 5.69 Å². The van der Waals surface area contributed by atoms with Crippen LogP contribution in [0.4, 0.5) is 15.9 Å². The fourth-order valence-corrected chi connectivity index (χ4v) is 3.33. The largest absolute Gasteiger partial charge is 0.373 e. The molecule has 21 heavy (non-hydrogen) atoms. The van der Waals surface area contributed by atoms with Gasteiger partial charge in [0.15, 0.2) is 0 Å². The van der Waals surface area contributed by atoms with E-state index in [0.29, 0.717) is 11.5 Å². The van der Waals surface area contributed by atoms with E-state index in [1.165, 1.54) is 40.8 Å². The van der Waals surface area contributed by atoms with Crippen molar-refractivity contribution in [3.63, 3.8) is 0 Å². The van der Waals surface area contributed by atoms with Gasteiger partial charge in [0.2, 0.25) is 0 Å². The summed E-state index contributed by atoms with van der Waals surface area (Å²) in [5.74, 6) is 0.172. The van der Waals surface area contributed by atoms with Crippen LogP contribution in [0.15, 0.2) is 47.5 Å². The first-order valence-corrected chi connectivity index (χ1v) is 7.85. The van der Waals surface area contributed by atoms with E-state index >= 15 is 0 Å². The Morgan fingerprint density at radius 3 is 2.33 bits per heavy atom. The Balaban J connectivity index is 2.41. The molecule has 0 unspecified atom stereocenters. The minimum atomic E-state index is -3.72. The van der Waals surface area contributed by atoms with Crippen LogP contribution in [0.2, 0.25) is 0 Å². The van der Waals surface area contributed by atoms with Crippen LogP contribution in [0.1, 0.15) is 6.92 Å². The second kappa shape index (κ2) is 6.09. The molecule has 0 aliphatic carbocycles. The van der Waals surface area contributed by atoms with Gasteiger partial charge in [-0.15, -0.1) is 0 Å². The van der Waals surface area contributed by atoms with Crippen molar-refractivity contribution in [2.45, 2.75) is 11.8 Å². The van der Waals surface area contributed by atoms with E-state index in [0.717, 1.165) is 0 Å². The summed E-state index contributed by atoms with van der Waals surface area (Å²) in [5.41, 5.74) is 0.414. The normalized spacial score (nSPS) is 11.2. The second-order valence-corrected chi connectivity index (χ2v) is 6.14. The van der Waals surface area contributed by atoms with Crippen LogP contribution < -0.4 is 9.62 Å². The summed E-state index contributed by atoms with van der Waals surface area (Å²) < 4.78 is 39.4. The van der Waals surface area contributed by atoms with Crippen LogP contribution in [0.25, 0.3) is 0 Å². The number of hydrogen-bond acceptors (Lipinski definition) is 4. The SMILES string of the molecule is CCN(c1ccc(F)cc1)S(=O)(=O)c1ccc(NC)nc1. The summed E-state index contributed by atoms with van der Waals surface area (Å²) in [6.07, 6.45) is 1.30. The quantitative estimate of drug-likeness (QED) is 0.921. The molecule has 0 aliphatic heterocycles. The lowest BCUT2D eigenvalue weighted by Gasteiger charge is -2.22. The van der Waals surface area contributed by atoms with Gasteiger partial charge in [-0.3, -0.25) is 4.31 Å². The lowest BCUT2D eigenvalue weighted by Crippen LogP contribution is -2.30. The van der Waals surface area contributed by atoms with E-state index < -0.39 is 15.8 Å². The van der Waals surface area contributed by atoms with Crippen molar-refractivity contribution in [2.75, 3.05) is 23.2 Å². The van der Waals surface area contributed by atoms with Gasteiger partial charge < -0.3 is 5.32 Å². The van der Waals surface area contributed by atoms with Crippen LogP contribution in [0, 0.1) is 5.82 Å². The molecule has 1 heterocycles. The Hall–Kier alpha value is -2.15. The molecule has 0 atom stereocenters. The molecule has 0 saturated heterocycles. The highest BCUT2D eigenvalue weighted by Crippen LogP contribution is 2.23. The van der Waals surface area contributed by atoms with Gasteiger partial charge in [-0.1, -0.05) is 0 Å². The van der Waals surface area contributed by atoms with Gasteiger partial charge >= 0.3 is 0 Å². The predicted molar refractivity (Wildman–Crippen MR) is 80.4 cm³/mol. The number of pyridine rings is 1. The van der Waals surface area contributed by atoms with Crippen LogP contribution in [0.5, 0.6) is 0 Å². The zero-order valence-corrected chi connectivity index (χ0v) is 12.6. The number of anilines is 2. The number of aromatic nitrogens is 1. The molecule has 2 aromatic rings. The molecule has 0 amide bonds. The Bertz CT molecular complexity index is 700. The van der Waals surface area contributed by atoms with E-state index in [9.17, 15) is 12.8 Å². The lowest BCUT2D eigenvalue weighted by atomic mass is 10.3. The third-order valence-electron chi connectivity index (χ3n) is 2.98. The molecule has 1 aromatic heterocycles. The molecule has 0 spiro atoms. The molecule has 2 rings (SSSR count). The van der Waals surface area contributed by atoms with Crippen LogP contribution >= 0.6 is 0 Å². The van der Waals surface area contributed by atoms with Crippen molar-refractivity contribution in [2.24, 2.45) is 0 Å². The first kappa shape index (κ1) is 15.2. The molecule has 0 aliphatic rings. The summed E-state index contributed by atoms with van der Waals surface area (Å²) in [6, 6.07) is 8.41. The minimum Gasteiger partial charge on any atom is -0.373 e. The number of sulfonamides is 1. The Morgan fingerprint density at radius 2 is 1.86 bits per heavy atom. The number of hydrogen-bond donors (Lipinski definition) is 1. The highest BCUT2D eigenvalue weighted by atomic mass is 32.2. The van der Waals surface area contributed by atoms with Crippen molar-refractivity contribution in [1.82, 2.24) is 4.98 Å². The van der Waals surface area contributed by atoms with Crippen molar-refractivity contribution in [1.29, 1.82) is 0 Å². The molecule has 1 aromatic carbocycles. The molecule has 0 bridgehead atoms. The zero-order valence-electron chi connectivity index (χ0n) is 11.7. The standard InChI is InChI=1S/C14H16FN3O2S/c1-3-18(12-6-4-11(15)5-7-12)21(19,20)13-8-9-14(16-2)17-10-13/h4-10H,3H2,1-2H3,(H,16,17). The molecule has 1 N–H and O–H groups in total. The summed E-state index contributed by atoms with van der Waals surface area (Å²) in [5, 5.41) is 2.83. The number of benzene rings is 1. The first-order valence-electron chi connectivity index (χ1n) is 6.41. The maximum Gasteiger partial charge on any atom is 0.265 e. The maximum atomic E-state index is 13.0. The third kappa shape index (κ3) is 3.13. The second-order valence-electron chi connectivity index (χ2n) is 4.28. The van der Waals surface area contributed by atoms with Gasteiger partial charge in [0, 0.05) is 19.8 Å². The topological polar surface area (TPSA) is 62.3 Å². The summed E-state index contributed by atoms with van der Waals surface area (Å²) in [7, 11) is -2.02. The Morgan fingerprint density at radius 1 is 1.19 bits per heavy atom. The fourth-order valence-electron chi connectivity index (χ4n) is 1.91. The molecule has 0 radical (unpaired) electrons.